The number of benzene rings is 2. The van der Waals surface area contributed by atoms with Gasteiger partial charge in [-0.3, -0.25) is 4.79 Å². The SMILES string of the molecule is CCc1ccccc1NC(=O)c1c(N=Cc2cc(OC)c(OC)cc2OC)sc2c1CC[C@H](C(C)(C)C)C2. The lowest BCUT2D eigenvalue weighted by Gasteiger charge is -2.33. The van der Waals surface area contributed by atoms with Crippen LogP contribution in [0.4, 0.5) is 10.7 Å². The zero-order valence-electron chi connectivity index (χ0n) is 23.4. The molecule has 1 aliphatic carbocycles. The van der Waals surface area contributed by atoms with Gasteiger partial charge in [-0.05, 0) is 60.3 Å². The number of aliphatic imine (C=N–C) groups is 1. The third-order valence-electron chi connectivity index (χ3n) is 7.40. The van der Waals surface area contributed by atoms with Crippen LogP contribution in [-0.4, -0.2) is 33.5 Å². The van der Waals surface area contributed by atoms with Crippen molar-refractivity contribution in [1.29, 1.82) is 0 Å². The second-order valence-electron chi connectivity index (χ2n) is 10.7. The van der Waals surface area contributed by atoms with E-state index in [9.17, 15) is 4.79 Å². The molecule has 0 spiro atoms. The fourth-order valence-electron chi connectivity index (χ4n) is 5.05. The largest absolute Gasteiger partial charge is 0.496 e. The van der Waals surface area contributed by atoms with Gasteiger partial charge >= 0.3 is 0 Å². The monoisotopic (exact) mass is 534 g/mol. The Bertz CT molecular complexity index is 1340. The van der Waals surface area contributed by atoms with E-state index in [0.29, 0.717) is 33.7 Å². The molecular weight excluding hydrogens is 496 g/mol. The average Bonchev–Trinajstić information content (AvgIpc) is 3.28. The van der Waals surface area contributed by atoms with Crippen LogP contribution in [-0.2, 0) is 19.3 Å². The summed E-state index contributed by atoms with van der Waals surface area (Å²) in [5, 5.41) is 3.90. The molecule has 0 radical (unpaired) electrons. The van der Waals surface area contributed by atoms with Gasteiger partial charge in [0.2, 0.25) is 0 Å². The molecule has 6 nitrogen and oxygen atoms in total. The molecule has 0 fully saturated rings. The van der Waals surface area contributed by atoms with Crippen LogP contribution < -0.4 is 19.5 Å². The fourth-order valence-corrected chi connectivity index (χ4v) is 6.32. The van der Waals surface area contributed by atoms with E-state index in [0.717, 1.165) is 48.1 Å². The molecule has 1 aromatic heterocycles. The average molecular weight is 535 g/mol. The highest BCUT2D eigenvalue weighted by molar-refractivity contribution is 7.16. The van der Waals surface area contributed by atoms with Crippen molar-refractivity contribution in [2.75, 3.05) is 26.6 Å². The zero-order chi connectivity index (χ0) is 27.4. The fraction of sp³-hybridized carbons (Fsp3) is 0.419. The maximum atomic E-state index is 13.8. The first kappa shape index (κ1) is 27.7. The molecule has 202 valence electrons. The summed E-state index contributed by atoms with van der Waals surface area (Å²) in [6.07, 6.45) is 5.49. The first-order chi connectivity index (χ1) is 18.2. The number of rotatable bonds is 8. The van der Waals surface area contributed by atoms with Gasteiger partial charge in [0.25, 0.3) is 5.91 Å². The van der Waals surface area contributed by atoms with E-state index >= 15 is 0 Å². The molecule has 0 saturated heterocycles. The topological polar surface area (TPSA) is 69.2 Å². The van der Waals surface area contributed by atoms with Crippen LogP contribution in [0.5, 0.6) is 17.2 Å². The van der Waals surface area contributed by atoms with Gasteiger partial charge in [0.05, 0.1) is 26.9 Å². The Hall–Kier alpha value is -3.32. The number of carbonyl (C=O) groups excluding carboxylic acids is 1. The van der Waals surface area contributed by atoms with Gasteiger partial charge in [0.15, 0.2) is 11.5 Å². The third kappa shape index (κ3) is 5.73. The number of anilines is 1. The van der Waals surface area contributed by atoms with Crippen LogP contribution >= 0.6 is 11.3 Å². The summed E-state index contributed by atoms with van der Waals surface area (Å²) in [5.74, 6) is 2.24. The van der Waals surface area contributed by atoms with Crippen molar-refractivity contribution in [3.05, 3.63) is 63.5 Å². The van der Waals surface area contributed by atoms with E-state index in [1.807, 2.05) is 24.3 Å². The van der Waals surface area contributed by atoms with Crippen LogP contribution in [0.2, 0.25) is 0 Å². The standard InChI is InChI=1S/C31H38N2O4S/c1-8-19-11-9-10-12-23(19)33-29(34)28-22-14-13-21(31(2,3)4)16-27(22)38-30(28)32-18-20-15-25(36-6)26(37-7)17-24(20)35-5/h9-12,15,17-18,21H,8,13-14,16H2,1-7H3,(H,33,34)/t21-/m0/s1. The number of aryl methyl sites for hydroxylation is 1. The number of para-hydroxylation sites is 1. The number of nitrogens with one attached hydrogen (secondary N) is 1. The van der Waals surface area contributed by atoms with Gasteiger partial charge in [0.1, 0.15) is 10.8 Å². The highest BCUT2D eigenvalue weighted by Gasteiger charge is 2.33. The van der Waals surface area contributed by atoms with Crippen molar-refractivity contribution >= 4 is 34.1 Å². The van der Waals surface area contributed by atoms with Gasteiger partial charge in [-0.15, -0.1) is 11.3 Å². The Morgan fingerprint density at radius 2 is 1.76 bits per heavy atom. The Balaban J connectivity index is 1.77. The number of carbonyl (C=O) groups is 1. The molecule has 3 aromatic rings. The first-order valence-corrected chi connectivity index (χ1v) is 13.9. The molecule has 4 rings (SSSR count). The molecule has 1 aliphatic rings. The third-order valence-corrected chi connectivity index (χ3v) is 8.56. The lowest BCUT2D eigenvalue weighted by Crippen LogP contribution is -2.27. The van der Waals surface area contributed by atoms with E-state index in [1.165, 1.54) is 4.88 Å². The Labute approximate surface area is 230 Å². The number of hydrogen-bond acceptors (Lipinski definition) is 6. The van der Waals surface area contributed by atoms with Gasteiger partial charge < -0.3 is 19.5 Å². The number of amides is 1. The molecule has 0 saturated carbocycles. The minimum Gasteiger partial charge on any atom is -0.496 e. The molecule has 1 N–H and O–H groups in total. The summed E-state index contributed by atoms with van der Waals surface area (Å²) in [5.41, 5.74) is 4.72. The predicted molar refractivity (Wildman–Crippen MR) is 156 cm³/mol. The number of methoxy groups -OCH3 is 3. The molecule has 1 heterocycles. The van der Waals surface area contributed by atoms with Crippen LogP contribution in [0, 0.1) is 11.3 Å². The number of hydrogen-bond donors (Lipinski definition) is 1. The van der Waals surface area contributed by atoms with Crippen molar-refractivity contribution in [2.45, 2.75) is 53.4 Å². The van der Waals surface area contributed by atoms with Crippen LogP contribution in [0.3, 0.4) is 0 Å². The number of nitrogens with zero attached hydrogens (tertiary/aromatic N) is 1. The summed E-state index contributed by atoms with van der Waals surface area (Å²) < 4.78 is 16.5. The quantitative estimate of drug-likeness (QED) is 0.304. The summed E-state index contributed by atoms with van der Waals surface area (Å²) in [7, 11) is 4.80. The molecule has 2 aromatic carbocycles. The number of ether oxygens (including phenoxy) is 3. The van der Waals surface area contributed by atoms with Crippen LogP contribution in [0.1, 0.15) is 66.0 Å². The second-order valence-corrected chi connectivity index (χ2v) is 11.7. The summed E-state index contributed by atoms with van der Waals surface area (Å²) >= 11 is 1.63. The molecule has 0 bridgehead atoms. The zero-order valence-corrected chi connectivity index (χ0v) is 24.3. The van der Waals surface area contributed by atoms with E-state index in [2.05, 4.69) is 39.1 Å². The van der Waals surface area contributed by atoms with Gasteiger partial charge in [0, 0.05) is 28.4 Å². The van der Waals surface area contributed by atoms with Gasteiger partial charge in [-0.1, -0.05) is 45.9 Å². The van der Waals surface area contributed by atoms with Gasteiger partial charge in [-0.2, -0.15) is 0 Å². The maximum absolute atomic E-state index is 13.8. The molecule has 7 heteroatoms. The minimum atomic E-state index is -0.107. The summed E-state index contributed by atoms with van der Waals surface area (Å²) in [6, 6.07) is 11.6. The molecule has 38 heavy (non-hydrogen) atoms. The Morgan fingerprint density at radius 1 is 1.08 bits per heavy atom. The van der Waals surface area contributed by atoms with E-state index < -0.39 is 0 Å². The predicted octanol–water partition coefficient (Wildman–Crippen LogP) is 7.49. The van der Waals surface area contributed by atoms with Crippen molar-refractivity contribution < 1.29 is 19.0 Å². The molecular formula is C31H38N2O4S. The lowest BCUT2D eigenvalue weighted by atomic mass is 9.72. The molecule has 0 aliphatic heterocycles. The second kappa shape index (κ2) is 11.6. The normalized spacial score (nSPS) is 15.3. The Morgan fingerprint density at radius 3 is 2.42 bits per heavy atom. The maximum Gasteiger partial charge on any atom is 0.259 e. The highest BCUT2D eigenvalue weighted by Crippen LogP contribution is 2.45. The van der Waals surface area contributed by atoms with Crippen LogP contribution in [0.15, 0.2) is 41.4 Å². The smallest absolute Gasteiger partial charge is 0.259 e. The minimum absolute atomic E-state index is 0.107. The molecule has 1 amide bonds. The summed E-state index contributed by atoms with van der Waals surface area (Å²) in [4.78, 5) is 19.9. The van der Waals surface area contributed by atoms with Crippen molar-refractivity contribution in [3.8, 4) is 17.2 Å². The van der Waals surface area contributed by atoms with Crippen molar-refractivity contribution in [3.63, 3.8) is 0 Å². The van der Waals surface area contributed by atoms with Gasteiger partial charge in [-0.25, -0.2) is 4.99 Å². The number of fused-ring (bicyclic) bond motifs is 1. The summed E-state index contributed by atoms with van der Waals surface area (Å²) in [6.45, 7) is 8.99. The highest BCUT2D eigenvalue weighted by atomic mass is 32.1. The first-order valence-electron chi connectivity index (χ1n) is 13.1. The number of thiophene rings is 1. The molecule has 1 atom stereocenters. The lowest BCUT2D eigenvalue weighted by molar-refractivity contribution is 0.102. The van der Waals surface area contributed by atoms with E-state index in [4.69, 9.17) is 19.2 Å². The van der Waals surface area contributed by atoms with Crippen LogP contribution in [0.25, 0.3) is 0 Å². The molecule has 0 unspecified atom stereocenters. The van der Waals surface area contributed by atoms with Crippen molar-refractivity contribution in [2.24, 2.45) is 16.3 Å². The van der Waals surface area contributed by atoms with E-state index in [1.54, 1.807) is 44.9 Å². The van der Waals surface area contributed by atoms with E-state index in [-0.39, 0.29) is 11.3 Å². The van der Waals surface area contributed by atoms with Crippen molar-refractivity contribution in [1.82, 2.24) is 0 Å². The Kier molecular flexibility index (Phi) is 8.46.